The lowest BCUT2D eigenvalue weighted by Gasteiger charge is -2.13. The molecule has 0 aliphatic carbocycles. The highest BCUT2D eigenvalue weighted by Crippen LogP contribution is 2.16. The van der Waals surface area contributed by atoms with Crippen LogP contribution in [-0.2, 0) is 20.8 Å². The Kier molecular flexibility index (Phi) is 5.67. The monoisotopic (exact) mass is 278 g/mol. The topological polar surface area (TPSA) is 127 Å². The standard InChI is InChI=1S/C13H18N4O3/c1-16-12(19)6-8-4-2-3-5-10(8)17-13(20)9(14)7-11(15)18/h2-5,9H,6-7,14H2,1H3,(H2,15,18)(H,16,19)(H,17,20). The lowest BCUT2D eigenvalue weighted by atomic mass is 10.1. The maximum absolute atomic E-state index is 11.8. The Balaban J connectivity index is 2.79. The number of primary amides is 1. The van der Waals surface area contributed by atoms with Crippen LogP contribution in [0.1, 0.15) is 12.0 Å². The predicted molar refractivity (Wildman–Crippen MR) is 74.6 cm³/mol. The average molecular weight is 278 g/mol. The van der Waals surface area contributed by atoms with Gasteiger partial charge in [0.25, 0.3) is 0 Å². The van der Waals surface area contributed by atoms with Crippen molar-refractivity contribution >= 4 is 23.4 Å². The van der Waals surface area contributed by atoms with Crippen molar-refractivity contribution in [2.45, 2.75) is 18.9 Å². The summed E-state index contributed by atoms with van der Waals surface area (Å²) in [6.07, 6.45) is -0.0958. The molecular weight excluding hydrogens is 260 g/mol. The number of carbonyl (C=O) groups excluding carboxylic acids is 3. The van der Waals surface area contributed by atoms with Crippen LogP contribution in [-0.4, -0.2) is 30.8 Å². The third-order valence-corrected chi connectivity index (χ3v) is 2.66. The summed E-state index contributed by atoms with van der Waals surface area (Å²) in [5, 5.41) is 5.10. The Bertz CT molecular complexity index is 516. The first kappa shape index (κ1) is 15.6. The van der Waals surface area contributed by atoms with Gasteiger partial charge in [0.15, 0.2) is 0 Å². The Labute approximate surface area is 116 Å². The normalized spacial score (nSPS) is 11.5. The van der Waals surface area contributed by atoms with E-state index in [0.29, 0.717) is 11.3 Å². The molecule has 6 N–H and O–H groups in total. The molecule has 7 heteroatoms. The first-order valence-electron chi connectivity index (χ1n) is 6.07. The summed E-state index contributed by atoms with van der Waals surface area (Å²) in [5.41, 5.74) is 11.7. The number of benzene rings is 1. The maximum Gasteiger partial charge on any atom is 0.241 e. The van der Waals surface area contributed by atoms with Gasteiger partial charge in [0.1, 0.15) is 0 Å². The second kappa shape index (κ2) is 7.25. The minimum Gasteiger partial charge on any atom is -0.370 e. The third kappa shape index (κ3) is 4.69. The number of anilines is 1. The van der Waals surface area contributed by atoms with Crippen molar-refractivity contribution in [1.29, 1.82) is 0 Å². The Morgan fingerprint density at radius 1 is 1.25 bits per heavy atom. The van der Waals surface area contributed by atoms with E-state index in [2.05, 4.69) is 10.6 Å². The van der Waals surface area contributed by atoms with E-state index in [4.69, 9.17) is 11.5 Å². The van der Waals surface area contributed by atoms with Crippen molar-refractivity contribution in [2.24, 2.45) is 11.5 Å². The molecule has 1 atom stereocenters. The molecule has 0 aliphatic rings. The van der Waals surface area contributed by atoms with Crippen LogP contribution < -0.4 is 22.1 Å². The summed E-state index contributed by atoms with van der Waals surface area (Å²) in [6, 6.07) is 5.86. The molecule has 7 nitrogen and oxygen atoms in total. The highest BCUT2D eigenvalue weighted by Gasteiger charge is 2.17. The van der Waals surface area contributed by atoms with Crippen molar-refractivity contribution in [2.75, 3.05) is 12.4 Å². The summed E-state index contributed by atoms with van der Waals surface area (Å²) in [5.74, 6) is -1.34. The number of hydrogen-bond acceptors (Lipinski definition) is 4. The molecule has 0 bridgehead atoms. The van der Waals surface area contributed by atoms with Gasteiger partial charge < -0.3 is 22.1 Å². The van der Waals surface area contributed by atoms with Gasteiger partial charge in [-0.05, 0) is 11.6 Å². The first-order chi connectivity index (χ1) is 9.43. The quantitative estimate of drug-likeness (QED) is 0.538. The minimum atomic E-state index is -1.01. The molecule has 0 fully saturated rings. The van der Waals surface area contributed by atoms with E-state index in [-0.39, 0.29) is 18.7 Å². The molecule has 0 saturated carbocycles. The number of likely N-dealkylation sites (N-methyl/N-ethyl adjacent to an activating group) is 1. The van der Waals surface area contributed by atoms with Crippen LogP contribution in [0, 0.1) is 0 Å². The molecule has 1 aromatic carbocycles. The molecule has 108 valence electrons. The molecule has 0 radical (unpaired) electrons. The highest BCUT2D eigenvalue weighted by atomic mass is 16.2. The summed E-state index contributed by atoms with van der Waals surface area (Å²) >= 11 is 0. The Hall–Kier alpha value is -2.41. The molecule has 0 spiro atoms. The number of para-hydroxylation sites is 1. The fourth-order valence-corrected chi connectivity index (χ4v) is 1.59. The van der Waals surface area contributed by atoms with Gasteiger partial charge in [-0.15, -0.1) is 0 Å². The second-order valence-electron chi connectivity index (χ2n) is 4.27. The number of carbonyl (C=O) groups is 3. The Morgan fingerprint density at radius 3 is 2.50 bits per heavy atom. The van der Waals surface area contributed by atoms with E-state index >= 15 is 0 Å². The van der Waals surface area contributed by atoms with E-state index in [1.807, 2.05) is 0 Å². The Morgan fingerprint density at radius 2 is 1.90 bits per heavy atom. The molecule has 0 aliphatic heterocycles. The van der Waals surface area contributed by atoms with Gasteiger partial charge in [-0.2, -0.15) is 0 Å². The molecule has 3 amide bonds. The fraction of sp³-hybridized carbons (Fsp3) is 0.308. The van der Waals surface area contributed by atoms with Gasteiger partial charge in [0, 0.05) is 12.7 Å². The van der Waals surface area contributed by atoms with Crippen molar-refractivity contribution in [3.8, 4) is 0 Å². The second-order valence-corrected chi connectivity index (χ2v) is 4.27. The SMILES string of the molecule is CNC(=O)Cc1ccccc1NC(=O)C(N)CC(N)=O. The molecule has 0 heterocycles. The zero-order valence-corrected chi connectivity index (χ0v) is 11.2. The van der Waals surface area contributed by atoms with Gasteiger partial charge in [-0.1, -0.05) is 18.2 Å². The molecular formula is C13H18N4O3. The number of rotatable bonds is 6. The van der Waals surface area contributed by atoms with Crippen molar-refractivity contribution in [1.82, 2.24) is 5.32 Å². The largest absolute Gasteiger partial charge is 0.370 e. The number of amides is 3. The minimum absolute atomic E-state index is 0.137. The van der Waals surface area contributed by atoms with Crippen LogP contribution in [0.2, 0.25) is 0 Å². The molecule has 1 unspecified atom stereocenters. The third-order valence-electron chi connectivity index (χ3n) is 2.66. The van der Waals surface area contributed by atoms with Crippen LogP contribution in [0.25, 0.3) is 0 Å². The highest BCUT2D eigenvalue weighted by molar-refractivity contribution is 5.98. The molecule has 20 heavy (non-hydrogen) atoms. The van der Waals surface area contributed by atoms with E-state index < -0.39 is 17.9 Å². The van der Waals surface area contributed by atoms with Crippen LogP contribution in [0.3, 0.4) is 0 Å². The zero-order chi connectivity index (χ0) is 15.1. The van der Waals surface area contributed by atoms with Crippen LogP contribution in [0.4, 0.5) is 5.69 Å². The van der Waals surface area contributed by atoms with E-state index in [1.165, 1.54) is 7.05 Å². The van der Waals surface area contributed by atoms with Gasteiger partial charge in [0.2, 0.25) is 17.7 Å². The first-order valence-corrected chi connectivity index (χ1v) is 6.07. The van der Waals surface area contributed by atoms with Gasteiger partial charge in [-0.3, -0.25) is 14.4 Å². The van der Waals surface area contributed by atoms with Crippen LogP contribution in [0.5, 0.6) is 0 Å². The van der Waals surface area contributed by atoms with Crippen LogP contribution in [0.15, 0.2) is 24.3 Å². The summed E-state index contributed by atoms with van der Waals surface area (Å²) in [6.45, 7) is 0. The number of nitrogens with one attached hydrogen (secondary N) is 2. The molecule has 0 aromatic heterocycles. The van der Waals surface area contributed by atoms with Crippen molar-refractivity contribution in [3.05, 3.63) is 29.8 Å². The summed E-state index contributed by atoms with van der Waals surface area (Å²) in [7, 11) is 1.53. The average Bonchev–Trinajstić information content (AvgIpc) is 2.39. The number of nitrogens with two attached hydrogens (primary N) is 2. The zero-order valence-electron chi connectivity index (χ0n) is 11.2. The van der Waals surface area contributed by atoms with Gasteiger partial charge >= 0.3 is 0 Å². The lowest BCUT2D eigenvalue weighted by molar-refractivity contribution is -0.123. The molecule has 1 aromatic rings. The smallest absolute Gasteiger partial charge is 0.241 e. The van der Waals surface area contributed by atoms with E-state index in [9.17, 15) is 14.4 Å². The summed E-state index contributed by atoms with van der Waals surface area (Å²) in [4.78, 5) is 33.9. The summed E-state index contributed by atoms with van der Waals surface area (Å²) < 4.78 is 0. The van der Waals surface area contributed by atoms with Crippen LogP contribution >= 0.6 is 0 Å². The maximum atomic E-state index is 11.8. The van der Waals surface area contributed by atoms with E-state index in [0.717, 1.165) is 0 Å². The van der Waals surface area contributed by atoms with Crippen molar-refractivity contribution < 1.29 is 14.4 Å². The predicted octanol–water partition coefficient (Wildman–Crippen LogP) is -0.884. The van der Waals surface area contributed by atoms with Gasteiger partial charge in [-0.25, -0.2) is 0 Å². The lowest BCUT2D eigenvalue weighted by Crippen LogP contribution is -2.39. The van der Waals surface area contributed by atoms with E-state index in [1.54, 1.807) is 24.3 Å². The molecule has 0 saturated heterocycles. The fourth-order valence-electron chi connectivity index (χ4n) is 1.59. The van der Waals surface area contributed by atoms with Gasteiger partial charge in [0.05, 0.1) is 18.9 Å². The number of hydrogen-bond donors (Lipinski definition) is 4. The van der Waals surface area contributed by atoms with Crippen molar-refractivity contribution in [3.63, 3.8) is 0 Å². The molecule has 1 rings (SSSR count).